The minimum absolute atomic E-state index is 0.0143. The largest absolute Gasteiger partial charge is 0.499 e. The highest BCUT2D eigenvalue weighted by Crippen LogP contribution is 2.23. The van der Waals surface area contributed by atoms with Gasteiger partial charge in [-0.25, -0.2) is 4.79 Å². The van der Waals surface area contributed by atoms with Crippen LogP contribution in [-0.4, -0.2) is 183 Å². The van der Waals surface area contributed by atoms with Gasteiger partial charge in [0, 0.05) is 104 Å². The number of esters is 3. The molecule has 0 spiro atoms. The Hall–Kier alpha value is -2.94. The van der Waals surface area contributed by atoms with Crippen LogP contribution in [0.3, 0.4) is 0 Å². The number of piperazine rings is 2. The van der Waals surface area contributed by atoms with Crippen LogP contribution in [0.1, 0.15) is 465 Å². The Balaban J connectivity index is 1.90. The molecule has 2 fully saturated rings. The number of amides is 2. The summed E-state index contributed by atoms with van der Waals surface area (Å²) in [5.74, 6) is 0.963. The molecule has 0 radical (unpaired) electrons. The van der Waals surface area contributed by atoms with Crippen molar-refractivity contribution in [3.63, 3.8) is 0 Å². The van der Waals surface area contributed by atoms with E-state index >= 15 is 0 Å². The second-order valence-electron chi connectivity index (χ2n) is 35.0. The first-order chi connectivity index (χ1) is 55.0. The van der Waals surface area contributed by atoms with Crippen LogP contribution in [0.15, 0.2) is 12.3 Å². The Kier molecular flexibility index (Phi) is 75.5. The molecule has 2 aliphatic rings. The third-order valence-corrected chi connectivity index (χ3v) is 24.4. The second-order valence-corrected chi connectivity index (χ2v) is 35.0. The molecule has 14 nitrogen and oxygen atoms in total. The minimum Gasteiger partial charge on any atom is -0.499 e. The second kappa shape index (κ2) is 80.5. The van der Waals surface area contributed by atoms with Crippen molar-refractivity contribution in [2.24, 2.45) is 0 Å². The fourth-order valence-electron chi connectivity index (χ4n) is 16.6. The SMILES string of the molecule is C=C(CCCCCN(CCCCCCCC(=O)OC(CCCCCCCC)CCCCCCCC)CCN1CCN(C(=O)N2CCN(CCN(CCCCCCCC(=O)OC(CCCCCCCC)CCCCCCCC)CCCCCC(=O)OCCCCCCCCCCC)CC2)CC1)OCCCCCCCCCCC. The lowest BCUT2D eigenvalue weighted by Crippen LogP contribution is -2.57. The molecule has 0 N–H and O–H groups in total. The van der Waals surface area contributed by atoms with Crippen molar-refractivity contribution >= 4 is 23.9 Å². The van der Waals surface area contributed by atoms with Crippen molar-refractivity contribution in [3.05, 3.63) is 12.3 Å². The molecule has 0 unspecified atom stereocenters. The van der Waals surface area contributed by atoms with Gasteiger partial charge in [-0.15, -0.1) is 0 Å². The van der Waals surface area contributed by atoms with Crippen molar-refractivity contribution in [2.45, 2.75) is 478 Å². The van der Waals surface area contributed by atoms with E-state index in [9.17, 15) is 19.2 Å². The van der Waals surface area contributed by atoms with Gasteiger partial charge in [-0.1, -0.05) is 331 Å². The average Bonchev–Trinajstić information content (AvgIpc) is 0.845. The summed E-state index contributed by atoms with van der Waals surface area (Å²) in [6.07, 6.45) is 78.1. The summed E-state index contributed by atoms with van der Waals surface area (Å²) < 4.78 is 24.1. The Morgan fingerprint density at radius 1 is 0.268 bits per heavy atom. The molecule has 2 rings (SSSR count). The highest BCUT2D eigenvalue weighted by Gasteiger charge is 2.29. The zero-order valence-corrected chi connectivity index (χ0v) is 75.7. The smallest absolute Gasteiger partial charge is 0.320 e. The van der Waals surface area contributed by atoms with Gasteiger partial charge in [-0.3, -0.25) is 24.2 Å². The van der Waals surface area contributed by atoms with E-state index in [0.717, 1.165) is 239 Å². The summed E-state index contributed by atoms with van der Waals surface area (Å²) in [4.78, 5) is 68.0. The molecule has 0 aromatic carbocycles. The predicted octanol–water partition coefficient (Wildman–Crippen LogP) is 26.7. The number of rotatable bonds is 85. The summed E-state index contributed by atoms with van der Waals surface area (Å²) in [5, 5.41) is 0. The number of hydrogen-bond acceptors (Lipinski definition) is 12. The topological polar surface area (TPSA) is 125 Å². The summed E-state index contributed by atoms with van der Waals surface area (Å²) in [6, 6.07) is 0.215. The third-order valence-electron chi connectivity index (χ3n) is 24.4. The van der Waals surface area contributed by atoms with Gasteiger partial charge in [0.1, 0.15) is 12.2 Å². The van der Waals surface area contributed by atoms with Gasteiger partial charge in [-0.2, -0.15) is 0 Å². The van der Waals surface area contributed by atoms with E-state index in [2.05, 4.69) is 77.5 Å². The molecule has 0 aromatic heterocycles. The van der Waals surface area contributed by atoms with Crippen LogP contribution in [0, 0.1) is 0 Å². The highest BCUT2D eigenvalue weighted by molar-refractivity contribution is 5.74. The first-order valence-corrected chi connectivity index (χ1v) is 49.8. The average molecular weight is 1580 g/mol. The van der Waals surface area contributed by atoms with Crippen LogP contribution in [0.5, 0.6) is 0 Å². The molecule has 14 heteroatoms. The normalized spacial score (nSPS) is 13.8. The van der Waals surface area contributed by atoms with Crippen LogP contribution >= 0.6 is 0 Å². The van der Waals surface area contributed by atoms with Crippen molar-refractivity contribution in [3.8, 4) is 0 Å². The molecule has 0 bridgehead atoms. The lowest BCUT2D eigenvalue weighted by Gasteiger charge is -2.41. The minimum atomic E-state index is -0.0359. The maximum Gasteiger partial charge on any atom is 0.320 e. The monoisotopic (exact) mass is 1580 g/mol. The fourth-order valence-corrected chi connectivity index (χ4v) is 16.6. The maximum atomic E-state index is 14.2. The van der Waals surface area contributed by atoms with E-state index in [0.29, 0.717) is 25.9 Å². The van der Waals surface area contributed by atoms with Crippen molar-refractivity contribution in [2.75, 3.05) is 118 Å². The van der Waals surface area contributed by atoms with E-state index in [4.69, 9.17) is 18.9 Å². The van der Waals surface area contributed by atoms with Crippen LogP contribution < -0.4 is 0 Å². The highest BCUT2D eigenvalue weighted by atomic mass is 16.5. The first kappa shape index (κ1) is 105. The van der Waals surface area contributed by atoms with E-state index in [-0.39, 0.29) is 36.1 Å². The Labute approximate surface area is 695 Å². The van der Waals surface area contributed by atoms with Gasteiger partial charge in [0.15, 0.2) is 0 Å². The van der Waals surface area contributed by atoms with Crippen LogP contribution in [-0.2, 0) is 33.3 Å². The predicted molar refractivity (Wildman–Crippen MR) is 479 cm³/mol. The van der Waals surface area contributed by atoms with Crippen LogP contribution in [0.4, 0.5) is 4.79 Å². The number of unbranched alkanes of at least 4 members (excludes halogenated alkanes) is 48. The Morgan fingerprint density at radius 2 is 0.509 bits per heavy atom. The standard InChI is InChI=1S/C98H190N6O8/c1-8-14-20-26-32-34-36-48-64-90-109-92(7)66-52-50-62-76-99(74-60-46-38-44-57-72-96(106)111-93(67-53-40-28-22-16-10-3)68-54-41-29-23-17-11-4)78-80-101-82-86-103(87-83-101)98(108)104-88-84-102(85-89-104)81-79-100(77-63-51-59-71-95(105)110-91-65-49-37-35-33-27-21-15-9-2)75-61-47-39-45-58-73-97(107)112-94(69-55-42-30-24-18-12-5)70-56-43-31-25-19-13-6/h93-94H,7-91H2,1-6H3. The van der Waals surface area contributed by atoms with Gasteiger partial charge in [0.2, 0.25) is 0 Å². The summed E-state index contributed by atoms with van der Waals surface area (Å²) >= 11 is 0. The van der Waals surface area contributed by atoms with E-state index in [1.165, 1.54) is 283 Å². The number of carbonyl (C=O) groups is 4. The summed E-state index contributed by atoms with van der Waals surface area (Å²) in [6.45, 7) is 34.6. The number of allylic oxidation sites excluding steroid dienone is 1. The van der Waals surface area contributed by atoms with Crippen molar-refractivity contribution in [1.82, 2.24) is 29.4 Å². The van der Waals surface area contributed by atoms with Crippen molar-refractivity contribution in [1.29, 1.82) is 0 Å². The molecular formula is C98H190N6O8. The molecule has 660 valence electrons. The van der Waals surface area contributed by atoms with Gasteiger partial charge in [0.25, 0.3) is 0 Å². The lowest BCUT2D eigenvalue weighted by atomic mass is 10.0. The number of ether oxygens (including phenoxy) is 4. The molecule has 2 heterocycles. The number of carbonyl (C=O) groups excluding carboxylic acids is 4. The lowest BCUT2D eigenvalue weighted by molar-refractivity contribution is -0.151. The molecule has 112 heavy (non-hydrogen) atoms. The zero-order chi connectivity index (χ0) is 80.7. The molecule has 0 atom stereocenters. The molecule has 0 aromatic rings. The van der Waals surface area contributed by atoms with E-state index in [1.54, 1.807) is 0 Å². The Bertz CT molecular complexity index is 1900. The number of urea groups is 1. The summed E-state index contributed by atoms with van der Waals surface area (Å²) in [7, 11) is 0. The molecule has 2 amide bonds. The zero-order valence-electron chi connectivity index (χ0n) is 75.7. The van der Waals surface area contributed by atoms with E-state index in [1.807, 2.05) is 0 Å². The maximum absolute atomic E-state index is 14.2. The van der Waals surface area contributed by atoms with Gasteiger partial charge < -0.3 is 38.5 Å². The van der Waals surface area contributed by atoms with Crippen molar-refractivity contribution < 1.29 is 38.1 Å². The molecule has 2 aliphatic heterocycles. The first-order valence-electron chi connectivity index (χ1n) is 49.8. The fraction of sp³-hybridized carbons (Fsp3) is 0.939. The number of hydrogen-bond donors (Lipinski definition) is 0. The molecular weight excluding hydrogens is 1390 g/mol. The van der Waals surface area contributed by atoms with Gasteiger partial charge in [-0.05, 0) is 142 Å². The van der Waals surface area contributed by atoms with Crippen LogP contribution in [0.2, 0.25) is 0 Å². The molecule has 2 saturated heterocycles. The van der Waals surface area contributed by atoms with Gasteiger partial charge >= 0.3 is 23.9 Å². The van der Waals surface area contributed by atoms with E-state index < -0.39 is 0 Å². The third kappa shape index (κ3) is 66.0. The quantitative estimate of drug-likeness (QED) is 0.0249. The molecule has 0 saturated carbocycles. The Morgan fingerprint density at radius 3 is 0.821 bits per heavy atom. The number of nitrogens with zero attached hydrogens (tertiary/aromatic N) is 6. The summed E-state index contributed by atoms with van der Waals surface area (Å²) in [5.41, 5.74) is 0. The van der Waals surface area contributed by atoms with Crippen LogP contribution in [0.25, 0.3) is 0 Å². The molecule has 0 aliphatic carbocycles. The van der Waals surface area contributed by atoms with Gasteiger partial charge in [0.05, 0.1) is 19.0 Å².